The lowest BCUT2D eigenvalue weighted by Crippen LogP contribution is -2.44. The second kappa shape index (κ2) is 6.05. The van der Waals surface area contributed by atoms with Crippen molar-refractivity contribution in [3.63, 3.8) is 0 Å². The largest absolute Gasteiger partial charge is 0.537 e. The number of allylic oxidation sites excluding steroid dienone is 1. The third-order valence-corrected chi connectivity index (χ3v) is 5.61. The highest BCUT2D eigenvalue weighted by atomic mass is 28.4. The molecule has 1 nitrogen and oxygen atoms in total. The van der Waals surface area contributed by atoms with Crippen LogP contribution in [0.4, 0.5) is 4.39 Å². The molecular weight excluding hydrogens is 267 g/mol. The van der Waals surface area contributed by atoms with Gasteiger partial charge in [-0.3, -0.25) is 0 Å². The lowest BCUT2D eigenvalue weighted by atomic mass is 10.2. The van der Waals surface area contributed by atoms with E-state index in [1.165, 1.54) is 6.92 Å². The summed E-state index contributed by atoms with van der Waals surface area (Å²) in [6, 6.07) is 19.5. The second-order valence-electron chi connectivity index (χ2n) is 5.21. The average Bonchev–Trinajstić information content (AvgIpc) is 2.46. The molecule has 0 atom stereocenters. The molecule has 0 aliphatic rings. The molecular formula is C17H19FOSi. The molecule has 0 heterocycles. The minimum Gasteiger partial charge on any atom is -0.537 e. The van der Waals surface area contributed by atoms with Crippen LogP contribution in [0.5, 0.6) is 0 Å². The number of benzene rings is 2. The Labute approximate surface area is 120 Å². The maximum absolute atomic E-state index is 13.9. The van der Waals surface area contributed by atoms with Crippen molar-refractivity contribution in [3.8, 4) is 0 Å². The van der Waals surface area contributed by atoms with Gasteiger partial charge in [-0.1, -0.05) is 60.7 Å². The molecule has 0 aromatic heterocycles. The SMILES string of the molecule is C/C(F)=C(\O[Si](C)(C)c1ccccc1)c1ccccc1. The Morgan fingerprint density at radius 3 is 1.90 bits per heavy atom. The lowest BCUT2D eigenvalue weighted by Gasteiger charge is -2.26. The molecule has 0 unspecified atom stereocenters. The summed E-state index contributed by atoms with van der Waals surface area (Å²) in [5.74, 6) is 0.0684. The van der Waals surface area contributed by atoms with Crippen molar-refractivity contribution in [1.29, 1.82) is 0 Å². The van der Waals surface area contributed by atoms with Gasteiger partial charge in [-0.05, 0) is 25.2 Å². The van der Waals surface area contributed by atoms with Crippen molar-refractivity contribution < 1.29 is 8.82 Å². The van der Waals surface area contributed by atoms with Crippen molar-refractivity contribution in [1.82, 2.24) is 0 Å². The molecule has 0 amide bonds. The van der Waals surface area contributed by atoms with Crippen LogP contribution in [0.2, 0.25) is 13.1 Å². The van der Waals surface area contributed by atoms with Crippen molar-refractivity contribution in [2.75, 3.05) is 0 Å². The fraction of sp³-hybridized carbons (Fsp3) is 0.176. The molecule has 0 radical (unpaired) electrons. The van der Waals surface area contributed by atoms with Crippen LogP contribution in [0.3, 0.4) is 0 Å². The van der Waals surface area contributed by atoms with Gasteiger partial charge in [0.05, 0.1) is 0 Å². The number of rotatable bonds is 4. The van der Waals surface area contributed by atoms with Gasteiger partial charge in [0, 0.05) is 5.56 Å². The predicted molar refractivity (Wildman–Crippen MR) is 84.8 cm³/mol. The van der Waals surface area contributed by atoms with E-state index in [1.54, 1.807) is 0 Å². The Balaban J connectivity index is 2.33. The van der Waals surface area contributed by atoms with E-state index in [1.807, 2.05) is 60.7 Å². The molecule has 0 bridgehead atoms. The zero-order chi connectivity index (χ0) is 14.6. The minimum absolute atomic E-state index is 0.285. The van der Waals surface area contributed by atoms with E-state index in [2.05, 4.69) is 13.1 Å². The molecule has 0 saturated heterocycles. The highest BCUT2D eigenvalue weighted by Gasteiger charge is 2.29. The van der Waals surface area contributed by atoms with Crippen molar-refractivity contribution in [2.24, 2.45) is 0 Å². The summed E-state index contributed by atoms with van der Waals surface area (Å²) in [6.45, 7) is 5.60. The van der Waals surface area contributed by atoms with Crippen LogP contribution in [0.1, 0.15) is 12.5 Å². The van der Waals surface area contributed by atoms with Crippen LogP contribution < -0.4 is 5.19 Å². The molecule has 104 valence electrons. The van der Waals surface area contributed by atoms with Gasteiger partial charge in [0.25, 0.3) is 8.32 Å². The van der Waals surface area contributed by atoms with E-state index < -0.39 is 8.32 Å². The first kappa shape index (κ1) is 14.5. The molecule has 0 saturated carbocycles. The molecule has 2 aromatic rings. The Kier molecular flexibility index (Phi) is 4.40. The monoisotopic (exact) mass is 286 g/mol. The van der Waals surface area contributed by atoms with Gasteiger partial charge in [0.2, 0.25) is 0 Å². The summed E-state index contributed by atoms with van der Waals surface area (Å²) < 4.78 is 20.0. The maximum Gasteiger partial charge on any atom is 0.277 e. The van der Waals surface area contributed by atoms with Crippen LogP contribution in [-0.2, 0) is 4.43 Å². The number of halogens is 1. The molecule has 2 rings (SSSR count). The molecule has 20 heavy (non-hydrogen) atoms. The standard InChI is InChI=1S/C17H19FOSi/c1-14(18)17(15-10-6-4-7-11-15)19-20(2,3)16-12-8-5-9-13-16/h4-13H,1-3H3/b17-14+. The molecule has 0 spiro atoms. The van der Waals surface area contributed by atoms with E-state index in [9.17, 15) is 4.39 Å². The highest BCUT2D eigenvalue weighted by molar-refractivity contribution is 6.85. The first-order chi connectivity index (χ1) is 9.50. The van der Waals surface area contributed by atoms with E-state index in [0.717, 1.165) is 10.8 Å². The molecule has 0 aliphatic heterocycles. The van der Waals surface area contributed by atoms with Crippen LogP contribution >= 0.6 is 0 Å². The predicted octanol–water partition coefficient (Wildman–Crippen LogP) is 4.47. The number of hydrogen-bond donors (Lipinski definition) is 0. The summed E-state index contributed by atoms with van der Waals surface area (Å²) in [7, 11) is -2.19. The van der Waals surface area contributed by atoms with Crippen LogP contribution in [0.15, 0.2) is 66.5 Å². The van der Waals surface area contributed by atoms with E-state index >= 15 is 0 Å². The van der Waals surface area contributed by atoms with Gasteiger partial charge in [-0.25, -0.2) is 4.39 Å². The average molecular weight is 286 g/mol. The van der Waals surface area contributed by atoms with Crippen molar-refractivity contribution in [3.05, 3.63) is 72.1 Å². The summed E-state index contributed by atoms with van der Waals surface area (Å²) in [6.07, 6.45) is 0. The topological polar surface area (TPSA) is 9.23 Å². The van der Waals surface area contributed by atoms with Crippen molar-refractivity contribution in [2.45, 2.75) is 20.0 Å². The zero-order valence-electron chi connectivity index (χ0n) is 12.1. The van der Waals surface area contributed by atoms with Gasteiger partial charge in [0.1, 0.15) is 11.6 Å². The van der Waals surface area contributed by atoms with Crippen LogP contribution in [0.25, 0.3) is 5.76 Å². The van der Waals surface area contributed by atoms with Gasteiger partial charge >= 0.3 is 0 Å². The van der Waals surface area contributed by atoms with Gasteiger partial charge < -0.3 is 4.43 Å². The fourth-order valence-electron chi connectivity index (χ4n) is 2.07. The number of hydrogen-bond acceptors (Lipinski definition) is 1. The maximum atomic E-state index is 13.9. The second-order valence-corrected chi connectivity index (χ2v) is 9.01. The van der Waals surface area contributed by atoms with Crippen LogP contribution in [-0.4, -0.2) is 8.32 Å². The van der Waals surface area contributed by atoms with Gasteiger partial charge in [0.15, 0.2) is 0 Å². The summed E-state index contributed by atoms with van der Waals surface area (Å²) in [5, 5.41) is 1.15. The normalized spacial score (nSPS) is 12.8. The molecule has 0 fully saturated rings. The first-order valence-corrected chi connectivity index (χ1v) is 9.58. The summed E-state index contributed by atoms with van der Waals surface area (Å²) >= 11 is 0. The quantitative estimate of drug-likeness (QED) is 0.595. The smallest absolute Gasteiger partial charge is 0.277 e. The van der Waals surface area contributed by atoms with Crippen LogP contribution in [0, 0.1) is 0 Å². The highest BCUT2D eigenvalue weighted by Crippen LogP contribution is 2.25. The Morgan fingerprint density at radius 1 is 0.900 bits per heavy atom. The summed E-state index contributed by atoms with van der Waals surface area (Å²) in [5.41, 5.74) is 0.781. The molecule has 0 aliphatic carbocycles. The molecule has 3 heteroatoms. The Morgan fingerprint density at radius 2 is 1.40 bits per heavy atom. The molecule has 0 N–H and O–H groups in total. The lowest BCUT2D eigenvalue weighted by molar-refractivity contribution is 0.489. The first-order valence-electron chi connectivity index (χ1n) is 6.67. The van der Waals surface area contributed by atoms with Crippen molar-refractivity contribution >= 4 is 19.3 Å². The Hall–Kier alpha value is -1.87. The zero-order valence-corrected chi connectivity index (χ0v) is 13.1. The molecule has 2 aromatic carbocycles. The van der Waals surface area contributed by atoms with Gasteiger partial charge in [-0.15, -0.1) is 0 Å². The van der Waals surface area contributed by atoms with E-state index in [-0.39, 0.29) is 5.83 Å². The fourth-order valence-corrected chi connectivity index (χ4v) is 3.95. The van der Waals surface area contributed by atoms with Gasteiger partial charge in [-0.2, -0.15) is 0 Å². The third-order valence-electron chi connectivity index (χ3n) is 3.18. The van der Waals surface area contributed by atoms with E-state index in [4.69, 9.17) is 4.43 Å². The summed E-state index contributed by atoms with van der Waals surface area (Å²) in [4.78, 5) is 0. The Bertz CT molecular complexity index is 587. The third kappa shape index (κ3) is 3.36. The minimum atomic E-state index is -2.19. The van der Waals surface area contributed by atoms with E-state index in [0.29, 0.717) is 5.76 Å².